The number of aromatic amines is 1. The highest BCUT2D eigenvalue weighted by molar-refractivity contribution is 9.10. The third-order valence-electron chi connectivity index (χ3n) is 3.00. The van der Waals surface area contributed by atoms with Crippen molar-refractivity contribution in [2.75, 3.05) is 0 Å². The van der Waals surface area contributed by atoms with Crippen LogP contribution in [0.3, 0.4) is 0 Å². The molecule has 0 aliphatic heterocycles. The molecule has 0 saturated heterocycles. The number of carbonyl (C=O) groups is 1. The zero-order valence-electron chi connectivity index (χ0n) is 11.4. The van der Waals surface area contributed by atoms with E-state index in [4.69, 9.17) is 0 Å². The smallest absolute Gasteiger partial charge is 0.287 e. The lowest BCUT2D eigenvalue weighted by Gasteiger charge is -2.03. The number of amides is 1. The van der Waals surface area contributed by atoms with Gasteiger partial charge in [0.25, 0.3) is 5.91 Å². The van der Waals surface area contributed by atoms with Crippen LogP contribution in [0.5, 0.6) is 0 Å². The molecule has 2 rings (SSSR count). The molecule has 1 aromatic heterocycles. The van der Waals surface area contributed by atoms with Crippen LogP contribution >= 0.6 is 15.9 Å². The van der Waals surface area contributed by atoms with Gasteiger partial charge in [0, 0.05) is 10.7 Å². The van der Waals surface area contributed by atoms with E-state index in [9.17, 15) is 4.79 Å². The molecule has 0 fully saturated rings. The number of hydrogen-bond acceptors (Lipinski definition) is 2. The van der Waals surface area contributed by atoms with E-state index < -0.39 is 0 Å². The Morgan fingerprint density at radius 2 is 2.05 bits per heavy atom. The van der Waals surface area contributed by atoms with Crippen LogP contribution < -0.4 is 5.43 Å². The molecular weight excluding hydrogens is 318 g/mol. The Morgan fingerprint density at radius 1 is 1.35 bits per heavy atom. The van der Waals surface area contributed by atoms with Gasteiger partial charge in [0.1, 0.15) is 5.69 Å². The van der Waals surface area contributed by atoms with Crippen LogP contribution in [0.2, 0.25) is 0 Å². The van der Waals surface area contributed by atoms with E-state index in [1.54, 1.807) is 12.3 Å². The molecule has 0 bridgehead atoms. The summed E-state index contributed by atoms with van der Waals surface area (Å²) in [6.45, 7) is 3.98. The molecule has 5 heteroatoms. The first-order valence-corrected chi connectivity index (χ1v) is 7.17. The molecule has 20 heavy (non-hydrogen) atoms. The molecule has 2 aromatic rings. The van der Waals surface area contributed by atoms with Gasteiger partial charge in [-0.25, -0.2) is 5.43 Å². The Balaban J connectivity index is 2.04. The number of nitrogens with zero attached hydrogens (tertiary/aromatic N) is 1. The van der Waals surface area contributed by atoms with Crippen LogP contribution in [0.4, 0.5) is 0 Å². The van der Waals surface area contributed by atoms with Crippen LogP contribution in [-0.2, 0) is 6.42 Å². The summed E-state index contributed by atoms with van der Waals surface area (Å²) in [7, 11) is 0. The summed E-state index contributed by atoms with van der Waals surface area (Å²) < 4.78 is 0.832. The molecule has 1 amide bonds. The largest absolute Gasteiger partial charge is 0.356 e. The number of benzene rings is 1. The quantitative estimate of drug-likeness (QED) is 0.653. The van der Waals surface area contributed by atoms with Gasteiger partial charge in [-0.05, 0) is 46.5 Å². The molecule has 0 saturated carbocycles. The van der Waals surface area contributed by atoms with Crippen LogP contribution in [0.25, 0.3) is 0 Å². The topological polar surface area (TPSA) is 57.2 Å². The average Bonchev–Trinajstić information content (AvgIpc) is 2.91. The number of aromatic nitrogens is 1. The minimum atomic E-state index is -0.264. The number of aryl methyl sites for hydroxylation is 1. The van der Waals surface area contributed by atoms with Crippen molar-refractivity contribution in [2.45, 2.75) is 20.3 Å². The summed E-state index contributed by atoms with van der Waals surface area (Å²) in [5.41, 5.74) is 6.05. The van der Waals surface area contributed by atoms with Crippen LogP contribution in [0, 0.1) is 0 Å². The molecule has 0 radical (unpaired) electrons. The zero-order valence-corrected chi connectivity index (χ0v) is 13.0. The SMILES string of the molecule is CCc1ccc(/C(C)=N\NC(=O)c2cc(Br)c[nH]2)cc1. The standard InChI is InChI=1S/C15H16BrN3O/c1-3-11-4-6-12(7-5-11)10(2)18-19-15(20)14-8-13(16)9-17-14/h4-9,17H,3H2,1-2H3,(H,19,20)/b18-10-. The van der Waals surface area contributed by atoms with Gasteiger partial charge in [-0.3, -0.25) is 4.79 Å². The third-order valence-corrected chi connectivity index (χ3v) is 3.46. The third kappa shape index (κ3) is 3.57. The van der Waals surface area contributed by atoms with Crippen LogP contribution in [-0.4, -0.2) is 16.6 Å². The Bertz CT molecular complexity index is 629. The minimum Gasteiger partial charge on any atom is -0.356 e. The average molecular weight is 334 g/mol. The molecule has 104 valence electrons. The van der Waals surface area contributed by atoms with Gasteiger partial charge >= 0.3 is 0 Å². The van der Waals surface area contributed by atoms with E-state index in [1.807, 2.05) is 19.1 Å². The Morgan fingerprint density at radius 3 is 2.60 bits per heavy atom. The maximum atomic E-state index is 11.8. The molecular formula is C15H16BrN3O. The number of halogens is 1. The van der Waals surface area contributed by atoms with E-state index in [0.29, 0.717) is 5.69 Å². The number of carbonyl (C=O) groups excluding carboxylic acids is 1. The molecule has 0 aliphatic rings. The first-order valence-electron chi connectivity index (χ1n) is 6.38. The molecule has 1 heterocycles. The van der Waals surface area contributed by atoms with Crippen molar-refractivity contribution in [3.63, 3.8) is 0 Å². The molecule has 0 aliphatic carbocycles. The van der Waals surface area contributed by atoms with E-state index >= 15 is 0 Å². The van der Waals surface area contributed by atoms with Crippen molar-refractivity contribution >= 4 is 27.5 Å². The highest BCUT2D eigenvalue weighted by Crippen LogP contribution is 2.10. The van der Waals surface area contributed by atoms with Crippen molar-refractivity contribution in [1.29, 1.82) is 0 Å². The Labute approximate surface area is 126 Å². The Kier molecular flexibility index (Phi) is 4.74. The molecule has 2 N–H and O–H groups in total. The predicted molar refractivity (Wildman–Crippen MR) is 84.0 cm³/mol. The summed E-state index contributed by atoms with van der Waals surface area (Å²) >= 11 is 3.28. The highest BCUT2D eigenvalue weighted by Gasteiger charge is 2.07. The monoisotopic (exact) mass is 333 g/mol. The number of nitrogens with one attached hydrogen (secondary N) is 2. The number of hydrogen-bond donors (Lipinski definition) is 2. The summed E-state index contributed by atoms with van der Waals surface area (Å²) in [6.07, 6.45) is 2.71. The molecule has 0 atom stereocenters. The summed E-state index contributed by atoms with van der Waals surface area (Å²) in [4.78, 5) is 14.7. The van der Waals surface area contributed by atoms with Crippen molar-refractivity contribution in [1.82, 2.24) is 10.4 Å². The van der Waals surface area contributed by atoms with Gasteiger partial charge in [0.05, 0.1) is 5.71 Å². The maximum Gasteiger partial charge on any atom is 0.287 e. The molecule has 0 unspecified atom stereocenters. The van der Waals surface area contributed by atoms with E-state index in [1.165, 1.54) is 5.56 Å². The van der Waals surface area contributed by atoms with Gasteiger partial charge in [0.15, 0.2) is 0 Å². The second-order valence-electron chi connectivity index (χ2n) is 4.42. The fourth-order valence-corrected chi connectivity index (χ4v) is 2.08. The minimum absolute atomic E-state index is 0.264. The summed E-state index contributed by atoms with van der Waals surface area (Å²) in [6, 6.07) is 9.86. The normalized spacial score (nSPS) is 11.4. The van der Waals surface area contributed by atoms with Crippen molar-refractivity contribution in [2.24, 2.45) is 5.10 Å². The maximum absolute atomic E-state index is 11.8. The fraction of sp³-hybridized carbons (Fsp3) is 0.200. The number of H-pyrrole nitrogens is 1. The fourth-order valence-electron chi connectivity index (χ4n) is 1.74. The van der Waals surface area contributed by atoms with Crippen LogP contribution in [0.1, 0.15) is 35.5 Å². The second-order valence-corrected chi connectivity index (χ2v) is 5.34. The van der Waals surface area contributed by atoms with Gasteiger partial charge in [0.2, 0.25) is 0 Å². The lowest BCUT2D eigenvalue weighted by Crippen LogP contribution is -2.19. The first kappa shape index (κ1) is 14.5. The lowest BCUT2D eigenvalue weighted by atomic mass is 10.1. The highest BCUT2D eigenvalue weighted by atomic mass is 79.9. The van der Waals surface area contributed by atoms with E-state index in [-0.39, 0.29) is 5.91 Å². The van der Waals surface area contributed by atoms with Gasteiger partial charge < -0.3 is 4.98 Å². The van der Waals surface area contributed by atoms with Crippen molar-refractivity contribution in [3.05, 3.63) is 57.8 Å². The van der Waals surface area contributed by atoms with E-state index in [2.05, 4.69) is 50.5 Å². The van der Waals surface area contributed by atoms with Crippen molar-refractivity contribution in [3.8, 4) is 0 Å². The van der Waals surface area contributed by atoms with Gasteiger partial charge in [-0.1, -0.05) is 31.2 Å². The van der Waals surface area contributed by atoms with Gasteiger partial charge in [-0.2, -0.15) is 5.10 Å². The van der Waals surface area contributed by atoms with Crippen molar-refractivity contribution < 1.29 is 4.79 Å². The molecule has 4 nitrogen and oxygen atoms in total. The second kappa shape index (κ2) is 6.52. The van der Waals surface area contributed by atoms with Crippen LogP contribution in [0.15, 0.2) is 46.1 Å². The van der Waals surface area contributed by atoms with Gasteiger partial charge in [-0.15, -0.1) is 0 Å². The predicted octanol–water partition coefficient (Wildman–Crippen LogP) is 3.49. The zero-order chi connectivity index (χ0) is 14.5. The first-order chi connectivity index (χ1) is 9.60. The summed E-state index contributed by atoms with van der Waals surface area (Å²) in [5.74, 6) is -0.264. The number of rotatable bonds is 4. The molecule has 0 spiro atoms. The Hall–Kier alpha value is -1.88. The number of hydrazone groups is 1. The lowest BCUT2D eigenvalue weighted by molar-refractivity contribution is 0.0950. The molecule has 1 aromatic carbocycles. The summed E-state index contributed by atoms with van der Waals surface area (Å²) in [5, 5.41) is 4.12. The van der Waals surface area contributed by atoms with E-state index in [0.717, 1.165) is 22.2 Å².